The van der Waals surface area contributed by atoms with Crippen molar-refractivity contribution >= 4 is 25.8 Å². The molecular formula is C12H17BrFNO2S. The third-order valence-electron chi connectivity index (χ3n) is 2.84. The highest BCUT2D eigenvalue weighted by Gasteiger charge is 2.27. The predicted octanol–water partition coefficient (Wildman–Crippen LogP) is 2.77. The van der Waals surface area contributed by atoms with Crippen molar-refractivity contribution in [2.45, 2.75) is 36.6 Å². The lowest BCUT2D eigenvalue weighted by Crippen LogP contribution is -2.26. The van der Waals surface area contributed by atoms with Gasteiger partial charge in [-0.05, 0) is 54.4 Å². The van der Waals surface area contributed by atoms with Crippen LogP contribution in [-0.4, -0.2) is 20.2 Å². The minimum absolute atomic E-state index is 0.157. The summed E-state index contributed by atoms with van der Waals surface area (Å²) in [7, 11) is -3.38. The molecule has 0 fully saturated rings. The highest BCUT2D eigenvalue weighted by molar-refractivity contribution is 9.10. The summed E-state index contributed by atoms with van der Waals surface area (Å²) in [4.78, 5) is 0.175. The molecule has 2 N–H and O–H groups in total. The van der Waals surface area contributed by atoms with Gasteiger partial charge in [-0.1, -0.05) is 6.07 Å². The second kappa shape index (κ2) is 5.27. The van der Waals surface area contributed by atoms with Crippen molar-refractivity contribution in [1.29, 1.82) is 0 Å². The van der Waals surface area contributed by atoms with Gasteiger partial charge in [0.2, 0.25) is 0 Å². The van der Waals surface area contributed by atoms with Crippen LogP contribution in [0.25, 0.3) is 0 Å². The summed E-state index contributed by atoms with van der Waals surface area (Å²) < 4.78 is 38.5. The van der Waals surface area contributed by atoms with Crippen LogP contribution in [0.2, 0.25) is 0 Å². The number of rotatable bonds is 4. The number of benzene rings is 1. The Morgan fingerprint density at radius 3 is 2.39 bits per heavy atom. The fourth-order valence-corrected chi connectivity index (χ4v) is 3.58. The van der Waals surface area contributed by atoms with Crippen LogP contribution in [0.15, 0.2) is 27.6 Å². The molecule has 18 heavy (non-hydrogen) atoms. The number of halogens is 2. The Hall–Kier alpha value is -0.460. The van der Waals surface area contributed by atoms with Crippen molar-refractivity contribution < 1.29 is 12.8 Å². The molecular weight excluding hydrogens is 321 g/mol. The zero-order chi connectivity index (χ0) is 14.1. The fourth-order valence-electron chi connectivity index (χ4n) is 1.43. The SMILES string of the molecule is CC(C)S(=O)(=O)c1ccc(C(C)(F)CN)cc1Br. The van der Waals surface area contributed by atoms with Crippen LogP contribution in [-0.2, 0) is 15.5 Å². The van der Waals surface area contributed by atoms with Gasteiger partial charge in [-0.2, -0.15) is 0 Å². The first kappa shape index (κ1) is 15.6. The van der Waals surface area contributed by atoms with Gasteiger partial charge in [-0.15, -0.1) is 0 Å². The van der Waals surface area contributed by atoms with Gasteiger partial charge >= 0.3 is 0 Å². The number of hydrogen-bond donors (Lipinski definition) is 1. The van der Waals surface area contributed by atoms with Crippen molar-refractivity contribution in [3.63, 3.8) is 0 Å². The second-order valence-electron chi connectivity index (χ2n) is 4.64. The van der Waals surface area contributed by atoms with Crippen molar-refractivity contribution in [1.82, 2.24) is 0 Å². The smallest absolute Gasteiger partial charge is 0.181 e. The molecule has 0 spiro atoms. The first-order chi connectivity index (χ1) is 8.13. The van der Waals surface area contributed by atoms with Crippen molar-refractivity contribution in [2.75, 3.05) is 6.54 Å². The van der Waals surface area contributed by atoms with E-state index in [2.05, 4.69) is 15.9 Å². The van der Waals surface area contributed by atoms with Crippen molar-refractivity contribution in [3.05, 3.63) is 28.2 Å². The number of nitrogens with two attached hydrogens (primary N) is 1. The summed E-state index contributed by atoms with van der Waals surface area (Å²) in [6.07, 6.45) is 0. The van der Waals surface area contributed by atoms with Crippen LogP contribution in [0.5, 0.6) is 0 Å². The van der Waals surface area contributed by atoms with Crippen LogP contribution in [0.4, 0.5) is 4.39 Å². The molecule has 0 radical (unpaired) electrons. The molecule has 0 aliphatic rings. The van der Waals surface area contributed by atoms with Crippen LogP contribution in [0, 0.1) is 0 Å². The summed E-state index contributed by atoms with van der Waals surface area (Å²) in [6.45, 7) is 4.42. The van der Waals surface area contributed by atoms with E-state index < -0.39 is 20.8 Å². The molecule has 0 aliphatic carbocycles. The van der Waals surface area contributed by atoms with Gasteiger partial charge in [0.1, 0.15) is 5.67 Å². The predicted molar refractivity (Wildman–Crippen MR) is 74.0 cm³/mol. The standard InChI is InChI=1S/C12H17BrFNO2S/c1-8(2)18(16,17)11-5-4-9(6-10(11)13)12(3,14)7-15/h4-6,8H,7,15H2,1-3H3. The zero-order valence-electron chi connectivity index (χ0n) is 10.6. The Morgan fingerprint density at radius 1 is 1.44 bits per heavy atom. The van der Waals surface area contributed by atoms with E-state index in [0.717, 1.165) is 0 Å². The summed E-state index contributed by atoms with van der Waals surface area (Å²) in [5.74, 6) is 0. The molecule has 1 unspecified atom stereocenters. The fraction of sp³-hybridized carbons (Fsp3) is 0.500. The van der Waals surface area contributed by atoms with Gasteiger partial charge in [0.25, 0.3) is 0 Å². The number of alkyl halides is 1. The lowest BCUT2D eigenvalue weighted by atomic mass is 9.98. The molecule has 0 saturated heterocycles. The molecule has 0 saturated carbocycles. The number of hydrogen-bond acceptors (Lipinski definition) is 3. The molecule has 6 heteroatoms. The summed E-state index contributed by atoms with van der Waals surface area (Å²) in [6, 6.07) is 4.36. The first-order valence-corrected chi connectivity index (χ1v) is 7.89. The average molecular weight is 338 g/mol. The lowest BCUT2D eigenvalue weighted by molar-refractivity contribution is 0.203. The highest BCUT2D eigenvalue weighted by Crippen LogP contribution is 2.31. The molecule has 102 valence electrons. The van der Waals surface area contributed by atoms with Gasteiger partial charge < -0.3 is 5.73 Å². The Kier molecular flexibility index (Phi) is 4.56. The van der Waals surface area contributed by atoms with Gasteiger partial charge in [0, 0.05) is 11.0 Å². The summed E-state index contributed by atoms with van der Waals surface area (Å²) in [5, 5.41) is -0.522. The quantitative estimate of drug-likeness (QED) is 0.918. The van der Waals surface area contributed by atoms with Crippen molar-refractivity contribution in [3.8, 4) is 0 Å². The van der Waals surface area contributed by atoms with Crippen LogP contribution >= 0.6 is 15.9 Å². The Bertz CT molecular complexity index is 541. The first-order valence-electron chi connectivity index (χ1n) is 5.56. The minimum atomic E-state index is -3.38. The monoisotopic (exact) mass is 337 g/mol. The molecule has 1 rings (SSSR count). The topological polar surface area (TPSA) is 60.2 Å². The zero-order valence-corrected chi connectivity index (χ0v) is 13.0. The van der Waals surface area contributed by atoms with Gasteiger partial charge in [0.05, 0.1) is 10.1 Å². The largest absolute Gasteiger partial charge is 0.327 e. The normalized spacial score (nSPS) is 15.7. The van der Waals surface area contributed by atoms with E-state index in [-0.39, 0.29) is 11.4 Å². The third kappa shape index (κ3) is 2.92. The third-order valence-corrected chi connectivity index (χ3v) is 5.97. The Morgan fingerprint density at radius 2 is 2.00 bits per heavy atom. The van der Waals surface area contributed by atoms with E-state index in [0.29, 0.717) is 10.0 Å². The van der Waals surface area contributed by atoms with Crippen molar-refractivity contribution in [2.24, 2.45) is 5.73 Å². The molecule has 0 heterocycles. The van der Waals surface area contributed by atoms with E-state index >= 15 is 0 Å². The second-order valence-corrected chi connectivity index (χ2v) is 7.97. The number of sulfone groups is 1. The molecule has 1 aromatic carbocycles. The Labute approximate surface area is 116 Å². The van der Waals surface area contributed by atoms with E-state index in [1.165, 1.54) is 25.1 Å². The van der Waals surface area contributed by atoms with Crippen LogP contribution in [0.1, 0.15) is 26.3 Å². The molecule has 1 aromatic rings. The van der Waals surface area contributed by atoms with Gasteiger partial charge in [-0.3, -0.25) is 0 Å². The van der Waals surface area contributed by atoms with E-state index in [9.17, 15) is 12.8 Å². The average Bonchev–Trinajstić information content (AvgIpc) is 2.28. The van der Waals surface area contributed by atoms with E-state index in [1.807, 2.05) is 0 Å². The maximum atomic E-state index is 14.0. The van der Waals surface area contributed by atoms with E-state index in [4.69, 9.17) is 5.73 Å². The minimum Gasteiger partial charge on any atom is -0.327 e. The molecule has 1 atom stereocenters. The molecule has 0 amide bonds. The van der Waals surface area contributed by atoms with Gasteiger partial charge in [-0.25, -0.2) is 12.8 Å². The van der Waals surface area contributed by atoms with Gasteiger partial charge in [0.15, 0.2) is 9.84 Å². The molecule has 3 nitrogen and oxygen atoms in total. The maximum absolute atomic E-state index is 14.0. The van der Waals surface area contributed by atoms with Crippen LogP contribution in [0.3, 0.4) is 0 Å². The summed E-state index contributed by atoms with van der Waals surface area (Å²) >= 11 is 3.19. The Balaban J connectivity index is 3.33. The molecule has 0 aliphatic heterocycles. The highest BCUT2D eigenvalue weighted by atomic mass is 79.9. The van der Waals surface area contributed by atoms with E-state index in [1.54, 1.807) is 13.8 Å². The summed E-state index contributed by atoms with van der Waals surface area (Å²) in [5.41, 5.74) is 4.05. The van der Waals surface area contributed by atoms with Crippen LogP contribution < -0.4 is 5.73 Å². The molecule has 0 bridgehead atoms. The maximum Gasteiger partial charge on any atom is 0.181 e. The lowest BCUT2D eigenvalue weighted by Gasteiger charge is -2.20. The molecule has 0 aromatic heterocycles.